The first-order chi connectivity index (χ1) is 16.3. The second-order valence-electron chi connectivity index (χ2n) is 7.49. The average molecular weight is 462 g/mol. The van der Waals surface area contributed by atoms with Crippen LogP contribution in [0.15, 0.2) is 78.9 Å². The summed E-state index contributed by atoms with van der Waals surface area (Å²) in [5.74, 6) is -3.28. The number of ketones is 1. The number of benzene rings is 3. The van der Waals surface area contributed by atoms with Crippen LogP contribution in [0.1, 0.15) is 33.2 Å². The van der Waals surface area contributed by atoms with Gasteiger partial charge in [-0.2, -0.15) is 0 Å². The van der Waals surface area contributed by atoms with Gasteiger partial charge in [-0.05, 0) is 35.9 Å². The second kappa shape index (κ2) is 11.5. The third-order valence-electron chi connectivity index (χ3n) is 4.84. The number of carbonyl (C=O) groups excluding carboxylic acids is 4. The van der Waals surface area contributed by atoms with Gasteiger partial charge >= 0.3 is 5.97 Å². The van der Waals surface area contributed by atoms with Gasteiger partial charge in [0.05, 0.1) is 5.56 Å². The first kappa shape index (κ1) is 24.3. The van der Waals surface area contributed by atoms with Crippen molar-refractivity contribution in [1.82, 2.24) is 5.32 Å². The minimum atomic E-state index is -1.06. The fourth-order valence-electron chi connectivity index (χ4n) is 3.21. The lowest BCUT2D eigenvalue weighted by atomic mass is 10.1. The number of hydrogen-bond acceptors (Lipinski definition) is 5. The number of amides is 2. The lowest BCUT2D eigenvalue weighted by Gasteiger charge is -2.18. The summed E-state index contributed by atoms with van der Waals surface area (Å²) in [7, 11) is 0. The molecule has 0 radical (unpaired) electrons. The maximum absolute atomic E-state index is 14.3. The van der Waals surface area contributed by atoms with E-state index in [0.29, 0.717) is 5.56 Å². The zero-order valence-electron chi connectivity index (χ0n) is 18.4. The third kappa shape index (κ3) is 6.83. The molecule has 0 aliphatic heterocycles. The third-order valence-corrected chi connectivity index (χ3v) is 4.84. The van der Waals surface area contributed by atoms with Crippen molar-refractivity contribution in [3.63, 3.8) is 0 Å². The lowest BCUT2D eigenvalue weighted by Crippen LogP contribution is -2.43. The molecule has 3 aromatic rings. The van der Waals surface area contributed by atoms with Crippen LogP contribution in [0.2, 0.25) is 0 Å². The van der Waals surface area contributed by atoms with Crippen molar-refractivity contribution in [2.45, 2.75) is 19.4 Å². The molecule has 2 N–H and O–H groups in total. The summed E-state index contributed by atoms with van der Waals surface area (Å²) in [6.45, 7) is 0.570. The Bertz CT molecular complexity index is 1180. The summed E-state index contributed by atoms with van der Waals surface area (Å²) >= 11 is 0. The molecule has 0 saturated heterocycles. The molecule has 0 aromatic heterocycles. The Hall–Kier alpha value is -4.33. The number of Topliss-reactive ketones (excluding diaryl/α,β-unsaturated/α-hetero) is 1. The Morgan fingerprint density at radius 2 is 1.56 bits per heavy atom. The number of hydrogen-bond donors (Lipinski definition) is 2. The molecule has 34 heavy (non-hydrogen) atoms. The Labute approximate surface area is 195 Å². The van der Waals surface area contributed by atoms with E-state index < -0.39 is 36.1 Å². The highest BCUT2D eigenvalue weighted by molar-refractivity contribution is 6.00. The van der Waals surface area contributed by atoms with Gasteiger partial charge in [0.1, 0.15) is 11.9 Å². The summed E-state index contributed by atoms with van der Waals surface area (Å²) in [6, 6.07) is 19.9. The number of nitrogens with one attached hydrogen (secondary N) is 2. The monoisotopic (exact) mass is 462 g/mol. The van der Waals surface area contributed by atoms with Crippen molar-refractivity contribution in [2.24, 2.45) is 0 Å². The van der Waals surface area contributed by atoms with E-state index in [1.54, 1.807) is 54.6 Å². The summed E-state index contributed by atoms with van der Waals surface area (Å²) in [6.07, 6.45) is 0.145. The summed E-state index contributed by atoms with van der Waals surface area (Å²) in [4.78, 5) is 48.9. The quantitative estimate of drug-likeness (QED) is 0.374. The van der Waals surface area contributed by atoms with Crippen LogP contribution in [0, 0.1) is 5.82 Å². The maximum Gasteiger partial charge on any atom is 0.329 e. The van der Waals surface area contributed by atoms with Crippen molar-refractivity contribution in [2.75, 3.05) is 11.9 Å². The molecule has 0 bridgehead atoms. The molecule has 174 valence electrons. The van der Waals surface area contributed by atoms with Crippen molar-refractivity contribution in [1.29, 1.82) is 0 Å². The van der Waals surface area contributed by atoms with E-state index in [4.69, 9.17) is 4.74 Å². The smallest absolute Gasteiger partial charge is 0.329 e. The SMILES string of the molecule is CC(=O)Nc1ccc(C(=O)COC(=O)C(Cc2ccccc2)NC(=O)c2ccccc2)c(F)c1. The van der Waals surface area contributed by atoms with Crippen LogP contribution in [-0.4, -0.2) is 36.2 Å². The molecule has 3 rings (SSSR count). The van der Waals surface area contributed by atoms with E-state index in [1.165, 1.54) is 19.1 Å². The molecule has 1 atom stereocenters. The highest BCUT2D eigenvalue weighted by atomic mass is 19.1. The van der Waals surface area contributed by atoms with Crippen molar-refractivity contribution >= 4 is 29.3 Å². The predicted molar refractivity (Wildman–Crippen MR) is 124 cm³/mol. The molecule has 0 spiro atoms. The summed E-state index contributed by atoms with van der Waals surface area (Å²) < 4.78 is 19.5. The first-order valence-electron chi connectivity index (χ1n) is 10.5. The number of carbonyl (C=O) groups is 4. The van der Waals surface area contributed by atoms with Gasteiger partial charge in [0.25, 0.3) is 5.91 Å². The van der Waals surface area contributed by atoms with Crippen LogP contribution in [0.5, 0.6) is 0 Å². The molecule has 0 aliphatic carbocycles. The van der Waals surface area contributed by atoms with Gasteiger partial charge in [-0.3, -0.25) is 14.4 Å². The summed E-state index contributed by atoms with van der Waals surface area (Å²) in [5, 5.41) is 5.06. The molecular weight excluding hydrogens is 439 g/mol. The van der Waals surface area contributed by atoms with E-state index in [1.807, 2.05) is 6.07 Å². The minimum Gasteiger partial charge on any atom is -0.456 e. The maximum atomic E-state index is 14.3. The minimum absolute atomic E-state index is 0.145. The second-order valence-corrected chi connectivity index (χ2v) is 7.49. The van der Waals surface area contributed by atoms with Crippen molar-refractivity contribution in [3.05, 3.63) is 101 Å². The van der Waals surface area contributed by atoms with Crippen LogP contribution in [-0.2, 0) is 20.7 Å². The molecule has 3 aromatic carbocycles. The molecule has 2 amide bonds. The van der Waals surface area contributed by atoms with Gasteiger partial charge in [0.2, 0.25) is 11.7 Å². The van der Waals surface area contributed by atoms with Crippen molar-refractivity contribution < 1.29 is 28.3 Å². The average Bonchev–Trinajstić information content (AvgIpc) is 2.82. The molecular formula is C26H23FN2O5. The topological polar surface area (TPSA) is 102 Å². The van der Waals surface area contributed by atoms with E-state index in [-0.39, 0.29) is 23.6 Å². The van der Waals surface area contributed by atoms with Gasteiger partial charge in [0.15, 0.2) is 6.61 Å². The molecule has 8 heteroatoms. The Morgan fingerprint density at radius 1 is 0.912 bits per heavy atom. The van der Waals surface area contributed by atoms with Crippen LogP contribution in [0.4, 0.5) is 10.1 Å². The Morgan fingerprint density at radius 3 is 2.18 bits per heavy atom. The predicted octanol–water partition coefficient (Wildman–Crippen LogP) is 3.55. The number of halogens is 1. The molecule has 0 fully saturated rings. The van der Waals surface area contributed by atoms with Gasteiger partial charge in [-0.25, -0.2) is 9.18 Å². The fourth-order valence-corrected chi connectivity index (χ4v) is 3.21. The highest BCUT2D eigenvalue weighted by Crippen LogP contribution is 2.16. The lowest BCUT2D eigenvalue weighted by molar-refractivity contribution is -0.144. The molecule has 1 unspecified atom stereocenters. The number of anilines is 1. The van der Waals surface area contributed by atoms with Crippen LogP contribution in [0.25, 0.3) is 0 Å². The Balaban J connectivity index is 1.69. The van der Waals surface area contributed by atoms with E-state index >= 15 is 0 Å². The van der Waals surface area contributed by atoms with Crippen LogP contribution < -0.4 is 10.6 Å². The zero-order chi connectivity index (χ0) is 24.5. The van der Waals surface area contributed by atoms with Gasteiger partial charge in [0, 0.05) is 24.6 Å². The normalized spacial score (nSPS) is 11.2. The summed E-state index contributed by atoms with van der Waals surface area (Å²) in [5.41, 5.74) is 1.06. The van der Waals surface area contributed by atoms with E-state index in [0.717, 1.165) is 11.6 Å². The standard InChI is InChI=1S/C26H23FN2O5/c1-17(30)28-20-12-13-21(22(27)15-20)24(31)16-34-26(33)23(14-18-8-4-2-5-9-18)29-25(32)19-10-6-3-7-11-19/h2-13,15,23H,14,16H2,1H3,(H,28,30)(H,29,32). The van der Waals surface area contributed by atoms with Gasteiger partial charge in [-0.1, -0.05) is 48.5 Å². The molecule has 0 heterocycles. The van der Waals surface area contributed by atoms with Crippen LogP contribution >= 0.6 is 0 Å². The largest absolute Gasteiger partial charge is 0.456 e. The highest BCUT2D eigenvalue weighted by Gasteiger charge is 2.25. The number of esters is 1. The molecule has 0 saturated carbocycles. The molecule has 7 nitrogen and oxygen atoms in total. The van der Waals surface area contributed by atoms with Gasteiger partial charge < -0.3 is 15.4 Å². The molecule has 0 aliphatic rings. The fraction of sp³-hybridized carbons (Fsp3) is 0.154. The Kier molecular flexibility index (Phi) is 8.23. The van der Waals surface area contributed by atoms with Gasteiger partial charge in [-0.15, -0.1) is 0 Å². The van der Waals surface area contributed by atoms with E-state index in [9.17, 15) is 23.6 Å². The van der Waals surface area contributed by atoms with Crippen molar-refractivity contribution in [3.8, 4) is 0 Å². The zero-order valence-corrected chi connectivity index (χ0v) is 18.4. The number of rotatable bonds is 9. The first-order valence-corrected chi connectivity index (χ1v) is 10.5. The van der Waals surface area contributed by atoms with Crippen LogP contribution in [0.3, 0.4) is 0 Å². The number of ether oxygens (including phenoxy) is 1. The van der Waals surface area contributed by atoms with E-state index in [2.05, 4.69) is 10.6 Å².